The van der Waals surface area contributed by atoms with Gasteiger partial charge in [-0.15, -0.1) is 0 Å². The van der Waals surface area contributed by atoms with Gasteiger partial charge in [-0.05, 0) is 30.2 Å². The molecule has 0 spiro atoms. The number of ether oxygens (including phenoxy) is 2. The Balaban J connectivity index is 1.44. The van der Waals surface area contributed by atoms with Crippen molar-refractivity contribution in [1.82, 2.24) is 16.1 Å². The minimum Gasteiger partial charge on any atom is -0.490 e. The highest BCUT2D eigenvalue weighted by Gasteiger charge is 2.21. The number of halogens is 1. The zero-order chi connectivity index (χ0) is 25.0. The van der Waals surface area contributed by atoms with Gasteiger partial charge in [0.1, 0.15) is 12.6 Å². The second-order valence-corrected chi connectivity index (χ2v) is 7.79. The van der Waals surface area contributed by atoms with Crippen molar-refractivity contribution in [3.05, 3.63) is 65.5 Å². The smallest absolute Gasteiger partial charge is 0.408 e. The second-order valence-electron chi connectivity index (χ2n) is 7.79. The molecule has 186 valence electrons. The number of carboxylic acids is 1. The molecule has 1 aliphatic heterocycles. The molecule has 0 radical (unpaired) electrons. The summed E-state index contributed by atoms with van der Waals surface area (Å²) in [4.78, 5) is 27.6. The first-order valence-corrected chi connectivity index (χ1v) is 11.1. The molecule has 35 heavy (non-hydrogen) atoms. The Hall–Kier alpha value is -4.15. The summed E-state index contributed by atoms with van der Waals surface area (Å²) in [6.45, 7) is 3.18. The van der Waals surface area contributed by atoms with E-state index in [-0.39, 0.29) is 25.4 Å². The highest BCUT2D eigenvalue weighted by atomic mass is 19.1. The second kappa shape index (κ2) is 12.9. The van der Waals surface area contributed by atoms with Crippen LogP contribution in [0.1, 0.15) is 24.5 Å². The Kier molecular flexibility index (Phi) is 9.40. The number of hydrogen-bond donors (Lipinski definition) is 4. The van der Waals surface area contributed by atoms with Crippen molar-refractivity contribution in [3.63, 3.8) is 0 Å². The molecule has 11 heteroatoms. The fraction of sp³-hybridized carbons (Fsp3) is 0.333. The molecule has 0 aliphatic carbocycles. The number of carbonyl (C=O) groups is 2. The highest BCUT2D eigenvalue weighted by molar-refractivity contribution is 5.87. The van der Waals surface area contributed by atoms with Crippen LogP contribution in [0.4, 0.5) is 9.18 Å². The number of carbonyl (C=O) groups excluding carboxylic acids is 1. The Morgan fingerprint density at radius 1 is 1.23 bits per heavy atom. The van der Waals surface area contributed by atoms with E-state index in [1.165, 1.54) is 12.1 Å². The van der Waals surface area contributed by atoms with Gasteiger partial charge in [0, 0.05) is 25.1 Å². The SMILES string of the molecule is C/C(Cc1ccc(OCCC(NC(=O)OCc2ccccc2)C(=O)O)c(F)c1)=N\NC1=NCCN1. The van der Waals surface area contributed by atoms with Gasteiger partial charge in [0.2, 0.25) is 5.96 Å². The number of hydrazone groups is 1. The number of amides is 1. The number of benzene rings is 2. The van der Waals surface area contributed by atoms with Crippen molar-refractivity contribution < 1.29 is 28.6 Å². The van der Waals surface area contributed by atoms with E-state index < -0.39 is 23.9 Å². The Labute approximate surface area is 202 Å². The Bertz CT molecular complexity index is 1080. The number of alkyl carbamates (subject to hydrolysis) is 1. The van der Waals surface area contributed by atoms with Crippen molar-refractivity contribution in [3.8, 4) is 5.75 Å². The molecule has 1 aliphatic rings. The fourth-order valence-electron chi connectivity index (χ4n) is 3.18. The molecular formula is C24H28FN5O5. The van der Waals surface area contributed by atoms with Gasteiger partial charge in [-0.25, -0.2) is 24.4 Å². The zero-order valence-corrected chi connectivity index (χ0v) is 19.3. The van der Waals surface area contributed by atoms with Gasteiger partial charge in [-0.2, -0.15) is 5.10 Å². The van der Waals surface area contributed by atoms with E-state index in [0.717, 1.165) is 17.8 Å². The number of nitrogens with zero attached hydrogens (tertiary/aromatic N) is 2. The summed E-state index contributed by atoms with van der Waals surface area (Å²) in [6.07, 6.45) is -0.515. The van der Waals surface area contributed by atoms with Gasteiger partial charge in [0.15, 0.2) is 11.6 Å². The molecule has 0 fully saturated rings. The van der Waals surface area contributed by atoms with Crippen LogP contribution < -0.4 is 20.8 Å². The van der Waals surface area contributed by atoms with Crippen LogP contribution in [-0.4, -0.2) is 54.6 Å². The number of nitrogens with one attached hydrogen (secondary N) is 3. The predicted octanol–water partition coefficient (Wildman–Crippen LogP) is 2.44. The van der Waals surface area contributed by atoms with E-state index in [4.69, 9.17) is 9.47 Å². The van der Waals surface area contributed by atoms with Crippen LogP contribution in [0.2, 0.25) is 0 Å². The maximum atomic E-state index is 14.5. The third kappa shape index (κ3) is 8.61. The van der Waals surface area contributed by atoms with Gasteiger partial charge in [-0.1, -0.05) is 36.4 Å². The highest BCUT2D eigenvalue weighted by Crippen LogP contribution is 2.19. The van der Waals surface area contributed by atoms with Crippen molar-refractivity contribution in [2.45, 2.75) is 32.4 Å². The first-order valence-electron chi connectivity index (χ1n) is 11.1. The maximum absolute atomic E-state index is 14.5. The van der Waals surface area contributed by atoms with E-state index in [1.807, 2.05) is 13.0 Å². The fourth-order valence-corrected chi connectivity index (χ4v) is 3.18. The van der Waals surface area contributed by atoms with E-state index >= 15 is 0 Å². The van der Waals surface area contributed by atoms with E-state index in [1.54, 1.807) is 30.3 Å². The number of rotatable bonds is 11. The third-order valence-electron chi connectivity index (χ3n) is 4.95. The topological polar surface area (TPSA) is 134 Å². The molecule has 0 saturated heterocycles. The lowest BCUT2D eigenvalue weighted by atomic mass is 10.1. The van der Waals surface area contributed by atoms with Crippen molar-refractivity contribution in [2.24, 2.45) is 10.1 Å². The van der Waals surface area contributed by atoms with E-state index in [2.05, 4.69) is 26.2 Å². The Morgan fingerprint density at radius 3 is 2.71 bits per heavy atom. The average molecular weight is 486 g/mol. The van der Waals surface area contributed by atoms with Gasteiger partial charge >= 0.3 is 12.1 Å². The predicted molar refractivity (Wildman–Crippen MR) is 128 cm³/mol. The summed E-state index contributed by atoms with van der Waals surface area (Å²) in [5, 5.41) is 18.9. The van der Waals surface area contributed by atoms with E-state index in [9.17, 15) is 19.1 Å². The zero-order valence-electron chi connectivity index (χ0n) is 19.3. The monoisotopic (exact) mass is 485 g/mol. The normalized spacial score (nSPS) is 13.9. The minimum atomic E-state index is -1.25. The van der Waals surface area contributed by atoms with Crippen molar-refractivity contribution in [1.29, 1.82) is 0 Å². The summed E-state index contributed by atoms with van der Waals surface area (Å²) in [5.74, 6) is -1.23. The molecule has 2 aromatic rings. The number of aliphatic carboxylic acids is 1. The molecule has 0 aromatic heterocycles. The van der Waals surface area contributed by atoms with Gasteiger partial charge in [0.25, 0.3) is 0 Å². The molecule has 0 saturated carbocycles. The molecule has 1 atom stereocenters. The van der Waals surface area contributed by atoms with Crippen LogP contribution in [-0.2, 0) is 22.6 Å². The van der Waals surface area contributed by atoms with Gasteiger partial charge < -0.3 is 25.2 Å². The van der Waals surface area contributed by atoms with Crippen LogP contribution in [0, 0.1) is 5.82 Å². The largest absolute Gasteiger partial charge is 0.490 e. The summed E-state index contributed by atoms with van der Waals surface area (Å²) >= 11 is 0. The summed E-state index contributed by atoms with van der Waals surface area (Å²) in [6, 6.07) is 12.3. The molecule has 4 N–H and O–H groups in total. The van der Waals surface area contributed by atoms with Crippen LogP contribution in [0.25, 0.3) is 0 Å². The number of hydrogen-bond acceptors (Lipinski definition) is 8. The molecule has 1 amide bonds. The van der Waals surface area contributed by atoms with Gasteiger partial charge in [0.05, 0.1) is 13.2 Å². The van der Waals surface area contributed by atoms with Crippen LogP contribution in [0.3, 0.4) is 0 Å². The molecular weight excluding hydrogens is 457 g/mol. The standard InChI is InChI=1S/C24H28FN5O5/c1-16(29-30-23-26-10-11-27-23)13-18-7-8-21(19(25)14-18)34-12-9-20(22(31)32)28-24(33)35-15-17-5-3-2-4-6-17/h2-8,14,20H,9-13,15H2,1H3,(H,28,33)(H,31,32)(H2,26,27,30)/b29-16+. The lowest BCUT2D eigenvalue weighted by Crippen LogP contribution is -2.42. The Morgan fingerprint density at radius 2 is 2.03 bits per heavy atom. The van der Waals surface area contributed by atoms with Crippen LogP contribution in [0.5, 0.6) is 5.75 Å². The van der Waals surface area contributed by atoms with Crippen LogP contribution in [0.15, 0.2) is 58.6 Å². The van der Waals surface area contributed by atoms with Gasteiger partial charge in [-0.3, -0.25) is 0 Å². The van der Waals surface area contributed by atoms with E-state index in [0.29, 0.717) is 24.5 Å². The van der Waals surface area contributed by atoms with Crippen molar-refractivity contribution >= 4 is 23.7 Å². The molecule has 1 heterocycles. The molecule has 0 bridgehead atoms. The summed E-state index contributed by atoms with van der Waals surface area (Å²) in [7, 11) is 0. The quantitative estimate of drug-likeness (QED) is 0.284. The first-order chi connectivity index (χ1) is 16.9. The average Bonchev–Trinajstić information content (AvgIpc) is 3.36. The molecule has 1 unspecified atom stereocenters. The third-order valence-corrected chi connectivity index (χ3v) is 4.95. The maximum Gasteiger partial charge on any atom is 0.408 e. The van der Waals surface area contributed by atoms with Crippen molar-refractivity contribution in [2.75, 3.05) is 19.7 Å². The van der Waals surface area contributed by atoms with Crippen LogP contribution >= 0.6 is 0 Å². The molecule has 10 nitrogen and oxygen atoms in total. The lowest BCUT2D eigenvalue weighted by molar-refractivity contribution is -0.139. The molecule has 3 rings (SSSR count). The lowest BCUT2D eigenvalue weighted by Gasteiger charge is -2.15. The number of carboxylic acid groups (broad SMARTS) is 1. The number of aliphatic imine (C=N–C) groups is 1. The number of guanidine groups is 1. The summed E-state index contributed by atoms with van der Waals surface area (Å²) in [5.41, 5.74) is 5.04. The first kappa shape index (κ1) is 25.5. The minimum absolute atomic E-state index is 0.0122. The molecule has 2 aromatic carbocycles. The summed E-state index contributed by atoms with van der Waals surface area (Å²) < 4.78 is 24.9.